The van der Waals surface area contributed by atoms with E-state index in [1.807, 2.05) is 0 Å². The Hall–Kier alpha value is -1.66. The van der Waals surface area contributed by atoms with Crippen LogP contribution >= 0.6 is 12.4 Å². The molecule has 110 valence electrons. The smallest absolute Gasteiger partial charge is 0.270 e. The van der Waals surface area contributed by atoms with E-state index >= 15 is 0 Å². The number of hydrogen-bond donors (Lipinski definition) is 1. The minimum Gasteiger partial charge on any atom is -0.337 e. The Kier molecular flexibility index (Phi) is 5.47. The second-order valence-corrected chi connectivity index (χ2v) is 4.97. The van der Waals surface area contributed by atoms with Crippen LogP contribution in [0.4, 0.5) is 5.69 Å². The quantitative estimate of drug-likeness (QED) is 0.667. The van der Waals surface area contributed by atoms with Gasteiger partial charge in [0.15, 0.2) is 0 Å². The summed E-state index contributed by atoms with van der Waals surface area (Å²) in [5.41, 5.74) is 6.86. The number of amides is 1. The molecule has 1 heterocycles. The molecule has 1 aromatic carbocycles. The van der Waals surface area contributed by atoms with Crippen molar-refractivity contribution in [2.24, 2.45) is 5.73 Å². The van der Waals surface area contributed by atoms with Crippen molar-refractivity contribution in [1.82, 2.24) is 4.90 Å². The third-order valence-electron chi connectivity index (χ3n) is 3.26. The van der Waals surface area contributed by atoms with Crippen molar-refractivity contribution in [2.75, 3.05) is 13.1 Å². The maximum Gasteiger partial charge on any atom is 0.270 e. The number of nitro groups is 1. The van der Waals surface area contributed by atoms with Crippen LogP contribution in [0.25, 0.3) is 0 Å². The Morgan fingerprint density at radius 3 is 2.75 bits per heavy atom. The summed E-state index contributed by atoms with van der Waals surface area (Å²) in [4.78, 5) is 24.3. The Morgan fingerprint density at radius 2 is 2.15 bits per heavy atom. The van der Waals surface area contributed by atoms with Gasteiger partial charge in [0, 0.05) is 36.8 Å². The van der Waals surface area contributed by atoms with Gasteiger partial charge in [0.2, 0.25) is 0 Å². The number of hydrogen-bond acceptors (Lipinski definition) is 4. The maximum atomic E-state index is 12.3. The van der Waals surface area contributed by atoms with Crippen molar-refractivity contribution in [3.8, 4) is 0 Å². The summed E-state index contributed by atoms with van der Waals surface area (Å²) < 4.78 is 0. The van der Waals surface area contributed by atoms with E-state index in [4.69, 9.17) is 5.73 Å². The number of piperidine rings is 1. The number of non-ortho nitro benzene ring substituents is 1. The number of carbonyl (C=O) groups excluding carboxylic acids is 1. The fourth-order valence-corrected chi connectivity index (χ4v) is 2.37. The number of nitrogens with two attached hydrogens (primary N) is 1. The molecule has 2 N–H and O–H groups in total. The van der Waals surface area contributed by atoms with Gasteiger partial charge in [-0.2, -0.15) is 0 Å². The van der Waals surface area contributed by atoms with Crippen LogP contribution in [0.2, 0.25) is 0 Å². The average Bonchev–Trinajstić information content (AvgIpc) is 2.37. The van der Waals surface area contributed by atoms with Crippen molar-refractivity contribution in [3.05, 3.63) is 39.4 Å². The minimum atomic E-state index is -0.480. The number of benzene rings is 1. The summed E-state index contributed by atoms with van der Waals surface area (Å²) in [6, 6.07) is 4.46. The Balaban J connectivity index is 0.00000200. The van der Waals surface area contributed by atoms with Crippen molar-refractivity contribution in [3.63, 3.8) is 0 Å². The van der Waals surface area contributed by atoms with Gasteiger partial charge in [-0.15, -0.1) is 12.4 Å². The highest BCUT2D eigenvalue weighted by atomic mass is 35.5. The van der Waals surface area contributed by atoms with E-state index in [0.29, 0.717) is 24.2 Å². The second-order valence-electron chi connectivity index (χ2n) is 4.97. The number of nitro benzene ring substituents is 1. The Labute approximate surface area is 123 Å². The molecular formula is C13H18ClN3O3. The van der Waals surface area contributed by atoms with Gasteiger partial charge in [-0.05, 0) is 31.4 Å². The molecule has 1 amide bonds. The number of aryl methyl sites for hydroxylation is 1. The van der Waals surface area contributed by atoms with Crippen molar-refractivity contribution in [1.29, 1.82) is 0 Å². The van der Waals surface area contributed by atoms with E-state index in [9.17, 15) is 14.9 Å². The fraction of sp³-hybridized carbons (Fsp3) is 0.462. The van der Waals surface area contributed by atoms with Crippen LogP contribution in [0.3, 0.4) is 0 Å². The van der Waals surface area contributed by atoms with Crippen LogP contribution in [0, 0.1) is 17.0 Å². The number of rotatable bonds is 2. The number of likely N-dealkylation sites (tertiary alicyclic amines) is 1. The number of nitrogens with zero attached hydrogens (tertiary/aromatic N) is 2. The highest BCUT2D eigenvalue weighted by molar-refractivity contribution is 5.95. The van der Waals surface area contributed by atoms with Crippen LogP contribution in [0.1, 0.15) is 28.8 Å². The monoisotopic (exact) mass is 299 g/mol. The molecule has 0 spiro atoms. The van der Waals surface area contributed by atoms with Crippen molar-refractivity contribution < 1.29 is 9.72 Å². The zero-order valence-electron chi connectivity index (χ0n) is 11.2. The zero-order valence-corrected chi connectivity index (χ0v) is 12.1. The molecule has 0 saturated carbocycles. The molecule has 1 atom stereocenters. The van der Waals surface area contributed by atoms with E-state index in [0.717, 1.165) is 12.8 Å². The molecule has 1 aromatic rings. The standard InChI is InChI=1S/C13H17N3O3.ClH/c1-9-5-10(7-12(6-9)16(18)19)13(17)15-4-2-3-11(14)8-15;/h5-7,11H,2-4,8,14H2,1H3;1H/t11-;/m1./s1. The van der Waals surface area contributed by atoms with Crippen molar-refractivity contribution in [2.45, 2.75) is 25.8 Å². The summed E-state index contributed by atoms with van der Waals surface area (Å²) >= 11 is 0. The maximum absolute atomic E-state index is 12.3. The molecular weight excluding hydrogens is 282 g/mol. The minimum absolute atomic E-state index is 0. The third-order valence-corrected chi connectivity index (χ3v) is 3.26. The molecule has 20 heavy (non-hydrogen) atoms. The molecule has 0 aliphatic carbocycles. The van der Waals surface area contributed by atoms with Gasteiger partial charge in [-0.25, -0.2) is 0 Å². The predicted molar refractivity (Wildman–Crippen MR) is 78.2 cm³/mol. The molecule has 0 bridgehead atoms. The molecule has 1 fully saturated rings. The predicted octanol–water partition coefficient (Wildman–Crippen LogP) is 1.89. The summed E-state index contributed by atoms with van der Waals surface area (Å²) in [5.74, 6) is -0.179. The lowest BCUT2D eigenvalue weighted by atomic mass is 10.0. The molecule has 0 unspecified atom stereocenters. The van der Waals surface area contributed by atoms with Crippen LogP contribution in [-0.4, -0.2) is 34.9 Å². The van der Waals surface area contributed by atoms with E-state index in [-0.39, 0.29) is 30.0 Å². The van der Waals surface area contributed by atoms with Gasteiger partial charge in [-0.1, -0.05) is 0 Å². The largest absolute Gasteiger partial charge is 0.337 e. The molecule has 1 aliphatic heterocycles. The molecule has 0 aromatic heterocycles. The summed E-state index contributed by atoms with van der Waals surface area (Å²) in [6.07, 6.45) is 1.79. The van der Waals surface area contributed by atoms with Gasteiger partial charge in [0.1, 0.15) is 0 Å². The Bertz CT molecular complexity index is 522. The van der Waals surface area contributed by atoms with E-state index in [2.05, 4.69) is 0 Å². The van der Waals surface area contributed by atoms with Crippen LogP contribution in [-0.2, 0) is 0 Å². The molecule has 1 aliphatic rings. The second kappa shape index (κ2) is 6.67. The van der Waals surface area contributed by atoms with Crippen LogP contribution in [0.5, 0.6) is 0 Å². The molecule has 0 radical (unpaired) electrons. The van der Waals surface area contributed by atoms with Gasteiger partial charge in [0.05, 0.1) is 4.92 Å². The summed E-state index contributed by atoms with van der Waals surface area (Å²) in [7, 11) is 0. The molecule has 2 rings (SSSR count). The van der Waals surface area contributed by atoms with E-state index < -0.39 is 4.92 Å². The lowest BCUT2D eigenvalue weighted by Crippen LogP contribution is -2.45. The fourth-order valence-electron chi connectivity index (χ4n) is 2.37. The van der Waals surface area contributed by atoms with Crippen LogP contribution < -0.4 is 5.73 Å². The first kappa shape index (κ1) is 16.4. The lowest BCUT2D eigenvalue weighted by molar-refractivity contribution is -0.384. The average molecular weight is 300 g/mol. The van der Waals surface area contributed by atoms with Gasteiger partial charge in [-0.3, -0.25) is 14.9 Å². The Morgan fingerprint density at radius 1 is 1.45 bits per heavy atom. The normalized spacial score (nSPS) is 18.3. The van der Waals surface area contributed by atoms with E-state index in [1.54, 1.807) is 17.9 Å². The molecule has 7 heteroatoms. The topological polar surface area (TPSA) is 89.5 Å². The van der Waals surface area contributed by atoms with Crippen LogP contribution in [0.15, 0.2) is 18.2 Å². The molecule has 1 saturated heterocycles. The van der Waals surface area contributed by atoms with Crippen molar-refractivity contribution >= 4 is 24.0 Å². The van der Waals surface area contributed by atoms with Gasteiger partial charge in [0.25, 0.3) is 11.6 Å². The lowest BCUT2D eigenvalue weighted by Gasteiger charge is -2.30. The highest BCUT2D eigenvalue weighted by Crippen LogP contribution is 2.19. The van der Waals surface area contributed by atoms with E-state index in [1.165, 1.54) is 12.1 Å². The summed E-state index contributed by atoms with van der Waals surface area (Å²) in [6.45, 7) is 2.92. The van der Waals surface area contributed by atoms with Gasteiger partial charge < -0.3 is 10.6 Å². The first-order valence-corrected chi connectivity index (χ1v) is 6.28. The molecule has 6 nitrogen and oxygen atoms in total. The SMILES string of the molecule is Cc1cc(C(=O)N2CCC[C@@H](N)C2)cc([N+](=O)[O-])c1.Cl. The highest BCUT2D eigenvalue weighted by Gasteiger charge is 2.23. The summed E-state index contributed by atoms with van der Waals surface area (Å²) in [5, 5.41) is 10.8. The zero-order chi connectivity index (χ0) is 14.0. The number of halogens is 1. The first-order valence-electron chi connectivity index (χ1n) is 6.28. The first-order chi connectivity index (χ1) is 8.97. The number of carbonyl (C=O) groups is 1. The third kappa shape index (κ3) is 3.68. The van der Waals surface area contributed by atoms with Gasteiger partial charge >= 0.3 is 0 Å².